The Morgan fingerprint density at radius 2 is 2.03 bits per heavy atom. The summed E-state index contributed by atoms with van der Waals surface area (Å²) in [5, 5.41) is 11.1. The maximum absolute atomic E-state index is 13.9. The van der Waals surface area contributed by atoms with Crippen molar-refractivity contribution >= 4 is 17.5 Å². The molecule has 1 amide bonds. The average Bonchev–Trinajstić information content (AvgIpc) is 3.10. The molecule has 0 radical (unpaired) electrons. The molecule has 4 rings (SSSR count). The molecule has 1 aromatic carbocycles. The minimum atomic E-state index is -0.666. The van der Waals surface area contributed by atoms with Gasteiger partial charge in [-0.1, -0.05) is 17.7 Å². The molecule has 29 heavy (non-hydrogen) atoms. The molecule has 1 aliphatic carbocycles. The molecule has 1 saturated carbocycles. The number of methoxy groups -OCH3 is 1. The molecule has 154 valence electrons. The van der Waals surface area contributed by atoms with E-state index in [9.17, 15) is 14.3 Å². The number of pyridine rings is 1. The van der Waals surface area contributed by atoms with Crippen LogP contribution in [0, 0.1) is 17.7 Å². The molecule has 1 N–H and O–H groups in total. The van der Waals surface area contributed by atoms with E-state index in [1.807, 2.05) is 0 Å². The van der Waals surface area contributed by atoms with Gasteiger partial charge in [0.15, 0.2) is 5.82 Å². The summed E-state index contributed by atoms with van der Waals surface area (Å²) >= 11 is 6.00. The number of likely N-dealkylation sites (tertiary alicyclic amines) is 1. The maximum Gasteiger partial charge on any atom is 0.255 e. The number of aliphatic hydroxyl groups is 1. The molecule has 0 unspecified atom stereocenters. The SMILES string of the molecule is COc1ncc(C(=O)N2C[C@H]3C[C@@H](Oc4cccc(Cl)c4)[C@H](O)C[C@H]3C2)cc1F. The van der Waals surface area contributed by atoms with E-state index in [4.69, 9.17) is 21.1 Å². The van der Waals surface area contributed by atoms with Crippen LogP contribution in [0.25, 0.3) is 0 Å². The second-order valence-electron chi connectivity index (χ2n) is 7.60. The van der Waals surface area contributed by atoms with Crippen molar-refractivity contribution in [2.45, 2.75) is 25.0 Å². The van der Waals surface area contributed by atoms with Gasteiger partial charge in [0.2, 0.25) is 5.88 Å². The number of rotatable bonds is 4. The van der Waals surface area contributed by atoms with Crippen LogP contribution < -0.4 is 9.47 Å². The highest BCUT2D eigenvalue weighted by atomic mass is 35.5. The zero-order valence-electron chi connectivity index (χ0n) is 15.9. The van der Waals surface area contributed by atoms with Crippen molar-refractivity contribution < 1.29 is 23.8 Å². The summed E-state index contributed by atoms with van der Waals surface area (Å²) < 4.78 is 24.7. The first-order valence-electron chi connectivity index (χ1n) is 9.53. The van der Waals surface area contributed by atoms with Crippen molar-refractivity contribution in [2.24, 2.45) is 11.8 Å². The second kappa shape index (κ2) is 8.16. The third-order valence-corrected chi connectivity index (χ3v) is 5.94. The number of amides is 1. The van der Waals surface area contributed by atoms with Gasteiger partial charge < -0.3 is 19.5 Å². The Hall–Kier alpha value is -2.38. The monoisotopic (exact) mass is 420 g/mol. The zero-order valence-corrected chi connectivity index (χ0v) is 16.7. The zero-order chi connectivity index (χ0) is 20.5. The van der Waals surface area contributed by atoms with Gasteiger partial charge in [-0.2, -0.15) is 0 Å². The predicted molar refractivity (Wildman–Crippen MR) is 105 cm³/mol. The molecular weight excluding hydrogens is 399 g/mol. The van der Waals surface area contributed by atoms with Crippen LogP contribution in [-0.2, 0) is 0 Å². The highest BCUT2D eigenvalue weighted by Gasteiger charge is 2.44. The van der Waals surface area contributed by atoms with Crippen molar-refractivity contribution in [1.29, 1.82) is 0 Å². The van der Waals surface area contributed by atoms with E-state index in [2.05, 4.69) is 4.98 Å². The molecule has 6 nitrogen and oxygen atoms in total. The van der Waals surface area contributed by atoms with Gasteiger partial charge in [-0.25, -0.2) is 9.37 Å². The van der Waals surface area contributed by atoms with Crippen LogP contribution in [0.1, 0.15) is 23.2 Å². The summed E-state index contributed by atoms with van der Waals surface area (Å²) in [6.07, 6.45) is 1.54. The maximum atomic E-state index is 13.9. The topological polar surface area (TPSA) is 71.9 Å². The molecule has 1 saturated heterocycles. The number of aromatic nitrogens is 1. The first-order chi connectivity index (χ1) is 13.9. The van der Waals surface area contributed by atoms with E-state index in [1.54, 1.807) is 29.2 Å². The number of fused-ring (bicyclic) bond motifs is 1. The van der Waals surface area contributed by atoms with Gasteiger partial charge in [0.25, 0.3) is 5.91 Å². The van der Waals surface area contributed by atoms with E-state index in [-0.39, 0.29) is 35.3 Å². The van der Waals surface area contributed by atoms with Crippen molar-refractivity contribution in [1.82, 2.24) is 9.88 Å². The van der Waals surface area contributed by atoms with Gasteiger partial charge in [0.05, 0.1) is 18.8 Å². The lowest BCUT2D eigenvalue weighted by atomic mass is 9.78. The van der Waals surface area contributed by atoms with Gasteiger partial charge in [0, 0.05) is 24.3 Å². The minimum absolute atomic E-state index is 0.138. The lowest BCUT2D eigenvalue weighted by molar-refractivity contribution is -0.0231. The minimum Gasteiger partial charge on any atom is -0.488 e. The molecule has 2 fully saturated rings. The van der Waals surface area contributed by atoms with Gasteiger partial charge in [-0.3, -0.25) is 4.79 Å². The summed E-state index contributed by atoms with van der Waals surface area (Å²) in [5.74, 6) is -0.0612. The van der Waals surface area contributed by atoms with Crippen LogP contribution in [-0.4, -0.2) is 53.3 Å². The first-order valence-corrected chi connectivity index (χ1v) is 9.91. The largest absolute Gasteiger partial charge is 0.488 e. The van der Waals surface area contributed by atoms with E-state index in [0.29, 0.717) is 36.7 Å². The summed E-state index contributed by atoms with van der Waals surface area (Å²) in [5.41, 5.74) is 0.189. The quantitative estimate of drug-likeness (QED) is 0.822. The number of nitrogens with zero attached hydrogens (tertiary/aromatic N) is 2. The van der Waals surface area contributed by atoms with Gasteiger partial charge >= 0.3 is 0 Å². The third-order valence-electron chi connectivity index (χ3n) is 5.70. The summed E-state index contributed by atoms with van der Waals surface area (Å²) in [6, 6.07) is 8.24. The Balaban J connectivity index is 1.43. The fraction of sp³-hybridized carbons (Fsp3) is 0.429. The van der Waals surface area contributed by atoms with Crippen LogP contribution in [0.3, 0.4) is 0 Å². The van der Waals surface area contributed by atoms with Crippen LogP contribution in [0.2, 0.25) is 5.02 Å². The molecule has 8 heteroatoms. The Kier molecular flexibility index (Phi) is 5.61. The molecule has 0 spiro atoms. The lowest BCUT2D eigenvalue weighted by Crippen LogP contribution is -2.42. The van der Waals surface area contributed by atoms with Crippen molar-refractivity contribution in [2.75, 3.05) is 20.2 Å². The highest BCUT2D eigenvalue weighted by Crippen LogP contribution is 2.38. The normalized spacial score (nSPS) is 26.1. The Labute approximate surface area is 173 Å². The standard InChI is InChI=1S/C21H22ClFN2O4/c1-28-20-17(23)5-12(9-24-20)21(27)25-10-13-6-18(26)19(7-14(13)11-25)29-16-4-2-3-15(22)8-16/h2-5,8-9,13-14,18-19,26H,6-7,10-11H2,1H3/t13-,14+,18+,19+/m0/s1. The average molecular weight is 421 g/mol. The Morgan fingerprint density at radius 3 is 2.72 bits per heavy atom. The van der Waals surface area contributed by atoms with E-state index in [1.165, 1.54) is 13.3 Å². The molecule has 2 aromatic rings. The number of ether oxygens (including phenoxy) is 2. The van der Waals surface area contributed by atoms with Crippen molar-refractivity contribution in [3.05, 3.63) is 52.9 Å². The number of hydrogen-bond donors (Lipinski definition) is 1. The van der Waals surface area contributed by atoms with Gasteiger partial charge in [-0.15, -0.1) is 0 Å². The Bertz CT molecular complexity index is 912. The first kappa shape index (κ1) is 19.9. The number of carbonyl (C=O) groups excluding carboxylic acids is 1. The lowest BCUT2D eigenvalue weighted by Gasteiger charge is -2.35. The van der Waals surface area contributed by atoms with E-state index >= 15 is 0 Å². The highest BCUT2D eigenvalue weighted by molar-refractivity contribution is 6.30. The molecule has 1 aliphatic heterocycles. The summed E-state index contributed by atoms with van der Waals surface area (Å²) in [4.78, 5) is 18.3. The van der Waals surface area contributed by atoms with E-state index in [0.717, 1.165) is 6.07 Å². The second-order valence-corrected chi connectivity index (χ2v) is 8.03. The molecular formula is C21H22ClFN2O4. The Morgan fingerprint density at radius 1 is 1.28 bits per heavy atom. The third kappa shape index (κ3) is 4.16. The number of hydrogen-bond acceptors (Lipinski definition) is 5. The van der Waals surface area contributed by atoms with E-state index < -0.39 is 11.9 Å². The van der Waals surface area contributed by atoms with Crippen LogP contribution in [0.4, 0.5) is 4.39 Å². The van der Waals surface area contributed by atoms with Crippen LogP contribution >= 0.6 is 11.6 Å². The van der Waals surface area contributed by atoms with Crippen molar-refractivity contribution in [3.63, 3.8) is 0 Å². The fourth-order valence-corrected chi connectivity index (χ4v) is 4.45. The number of benzene rings is 1. The molecule has 0 bridgehead atoms. The van der Waals surface area contributed by atoms with Gasteiger partial charge in [-0.05, 0) is 48.9 Å². The molecule has 2 heterocycles. The van der Waals surface area contributed by atoms with Gasteiger partial charge in [0.1, 0.15) is 11.9 Å². The molecule has 1 aromatic heterocycles. The molecule has 2 aliphatic rings. The smallest absolute Gasteiger partial charge is 0.255 e. The predicted octanol–water partition coefficient (Wildman–Crippen LogP) is 3.17. The van der Waals surface area contributed by atoms with Crippen LogP contribution in [0.5, 0.6) is 11.6 Å². The molecule has 4 atom stereocenters. The number of aliphatic hydroxyl groups excluding tert-OH is 1. The summed E-state index contributed by atoms with van der Waals surface area (Å²) in [6.45, 7) is 1.07. The fourth-order valence-electron chi connectivity index (χ4n) is 4.27. The number of halogens is 2. The number of carbonyl (C=O) groups is 1. The van der Waals surface area contributed by atoms with Crippen molar-refractivity contribution in [3.8, 4) is 11.6 Å². The van der Waals surface area contributed by atoms with Crippen LogP contribution in [0.15, 0.2) is 36.5 Å². The summed E-state index contributed by atoms with van der Waals surface area (Å²) in [7, 11) is 1.32.